The first kappa shape index (κ1) is 15.8. The molecule has 1 aromatic carbocycles. The third-order valence-electron chi connectivity index (χ3n) is 3.90. The van der Waals surface area contributed by atoms with Crippen LogP contribution in [0.15, 0.2) is 24.3 Å². The first-order valence-electron chi connectivity index (χ1n) is 7.85. The molecule has 2 rings (SSSR count). The Kier molecular flexibility index (Phi) is 6.05. The number of benzene rings is 1. The minimum Gasteiger partial charge on any atom is -0.494 e. The van der Waals surface area contributed by atoms with E-state index in [1.165, 1.54) is 5.56 Å². The van der Waals surface area contributed by atoms with Crippen LogP contribution in [0.2, 0.25) is 0 Å². The zero-order chi connectivity index (χ0) is 15.1. The molecule has 1 saturated heterocycles. The van der Waals surface area contributed by atoms with Gasteiger partial charge in [-0.15, -0.1) is 0 Å². The molecule has 1 aliphatic rings. The molecule has 0 bridgehead atoms. The number of ether oxygens (including phenoxy) is 1. The Morgan fingerprint density at radius 2 is 2.14 bits per heavy atom. The quantitative estimate of drug-likeness (QED) is 0.790. The highest BCUT2D eigenvalue weighted by molar-refractivity contribution is 5.78. The third kappa shape index (κ3) is 5.38. The van der Waals surface area contributed by atoms with E-state index in [0.717, 1.165) is 31.6 Å². The molecular weight excluding hydrogens is 264 g/mol. The van der Waals surface area contributed by atoms with Crippen molar-refractivity contribution in [2.45, 2.75) is 39.2 Å². The Hall–Kier alpha value is -1.55. The molecule has 1 amide bonds. The molecule has 1 fully saturated rings. The molecular formula is C17H26N2O2. The monoisotopic (exact) mass is 290 g/mol. The summed E-state index contributed by atoms with van der Waals surface area (Å²) >= 11 is 0. The molecule has 0 spiro atoms. The minimum atomic E-state index is 0.166. The van der Waals surface area contributed by atoms with Crippen molar-refractivity contribution in [2.75, 3.05) is 19.7 Å². The molecule has 0 radical (unpaired) electrons. The van der Waals surface area contributed by atoms with Crippen molar-refractivity contribution < 1.29 is 9.53 Å². The summed E-state index contributed by atoms with van der Waals surface area (Å²) < 4.78 is 5.64. The van der Waals surface area contributed by atoms with E-state index in [-0.39, 0.29) is 11.8 Å². The summed E-state index contributed by atoms with van der Waals surface area (Å²) in [4.78, 5) is 12.0. The fourth-order valence-corrected chi connectivity index (χ4v) is 2.62. The second-order valence-electron chi connectivity index (χ2n) is 5.88. The third-order valence-corrected chi connectivity index (χ3v) is 3.90. The molecule has 1 aliphatic heterocycles. The summed E-state index contributed by atoms with van der Waals surface area (Å²) in [6.07, 6.45) is 2.71. The minimum absolute atomic E-state index is 0.166. The number of carbonyl (C=O) groups is 1. The van der Waals surface area contributed by atoms with E-state index in [1.54, 1.807) is 0 Å². The summed E-state index contributed by atoms with van der Waals surface area (Å²) in [5.41, 5.74) is 1.23. The second-order valence-corrected chi connectivity index (χ2v) is 5.88. The van der Waals surface area contributed by atoms with Gasteiger partial charge in [0.1, 0.15) is 5.75 Å². The maximum absolute atomic E-state index is 12.0. The highest BCUT2D eigenvalue weighted by atomic mass is 16.5. The highest BCUT2D eigenvalue weighted by Gasteiger charge is 2.24. The molecule has 116 valence electrons. The van der Waals surface area contributed by atoms with E-state index in [2.05, 4.69) is 24.5 Å². The van der Waals surface area contributed by atoms with Gasteiger partial charge in [-0.25, -0.2) is 0 Å². The van der Waals surface area contributed by atoms with Gasteiger partial charge in [-0.3, -0.25) is 4.79 Å². The molecule has 2 N–H and O–H groups in total. The van der Waals surface area contributed by atoms with Gasteiger partial charge >= 0.3 is 0 Å². The predicted molar refractivity (Wildman–Crippen MR) is 84.5 cm³/mol. The van der Waals surface area contributed by atoms with Crippen LogP contribution in [0.3, 0.4) is 0 Å². The lowest BCUT2D eigenvalue weighted by molar-refractivity contribution is -0.126. The molecule has 0 aliphatic carbocycles. The van der Waals surface area contributed by atoms with Crippen LogP contribution in [0.5, 0.6) is 5.75 Å². The van der Waals surface area contributed by atoms with E-state index in [4.69, 9.17) is 4.74 Å². The number of piperidine rings is 1. The summed E-state index contributed by atoms with van der Waals surface area (Å²) in [6.45, 7) is 6.45. The Bertz CT molecular complexity index is 445. The van der Waals surface area contributed by atoms with E-state index < -0.39 is 0 Å². The highest BCUT2D eigenvalue weighted by Crippen LogP contribution is 2.16. The van der Waals surface area contributed by atoms with E-state index in [1.807, 2.05) is 24.3 Å². The summed E-state index contributed by atoms with van der Waals surface area (Å²) in [7, 11) is 0. The van der Waals surface area contributed by atoms with Gasteiger partial charge in [0.05, 0.1) is 6.61 Å². The summed E-state index contributed by atoms with van der Waals surface area (Å²) in [6, 6.07) is 8.47. The first-order valence-corrected chi connectivity index (χ1v) is 7.85. The normalized spacial score (nSPS) is 21.8. The van der Waals surface area contributed by atoms with Gasteiger partial charge in [-0.1, -0.05) is 17.7 Å². The van der Waals surface area contributed by atoms with Crippen LogP contribution >= 0.6 is 0 Å². The number of carbonyl (C=O) groups excluding carboxylic acids is 1. The van der Waals surface area contributed by atoms with Crippen molar-refractivity contribution in [2.24, 2.45) is 5.92 Å². The van der Waals surface area contributed by atoms with Gasteiger partial charge < -0.3 is 15.4 Å². The van der Waals surface area contributed by atoms with Crippen LogP contribution in [0, 0.1) is 12.8 Å². The van der Waals surface area contributed by atoms with Crippen LogP contribution in [0.25, 0.3) is 0 Å². The Morgan fingerprint density at radius 3 is 2.86 bits per heavy atom. The topological polar surface area (TPSA) is 50.4 Å². The number of nitrogens with one attached hydrogen (secondary N) is 2. The fourth-order valence-electron chi connectivity index (χ4n) is 2.62. The molecule has 0 unspecified atom stereocenters. The zero-order valence-corrected chi connectivity index (χ0v) is 13.0. The van der Waals surface area contributed by atoms with E-state index in [0.29, 0.717) is 19.2 Å². The SMILES string of the molecule is Cc1ccc(OCCCNC(=O)[C@H]2CCN[C@@H](C)C2)cc1. The van der Waals surface area contributed by atoms with Gasteiger partial charge in [-0.2, -0.15) is 0 Å². The molecule has 1 heterocycles. The average Bonchev–Trinajstić information content (AvgIpc) is 2.48. The number of aryl methyl sites for hydroxylation is 1. The van der Waals surface area contributed by atoms with Crippen molar-refractivity contribution in [3.8, 4) is 5.75 Å². The number of rotatable bonds is 6. The van der Waals surface area contributed by atoms with Gasteiger partial charge in [-0.05, 0) is 51.8 Å². The largest absolute Gasteiger partial charge is 0.494 e. The molecule has 0 saturated carbocycles. The zero-order valence-electron chi connectivity index (χ0n) is 13.0. The molecule has 4 nitrogen and oxygen atoms in total. The van der Waals surface area contributed by atoms with Crippen LogP contribution < -0.4 is 15.4 Å². The Labute approximate surface area is 127 Å². The van der Waals surface area contributed by atoms with Crippen molar-refractivity contribution in [1.29, 1.82) is 0 Å². The maximum atomic E-state index is 12.0. The molecule has 1 aromatic rings. The smallest absolute Gasteiger partial charge is 0.223 e. The predicted octanol–water partition coefficient (Wildman–Crippen LogP) is 2.27. The van der Waals surface area contributed by atoms with Crippen molar-refractivity contribution in [1.82, 2.24) is 10.6 Å². The van der Waals surface area contributed by atoms with Gasteiger partial charge in [0, 0.05) is 18.5 Å². The fraction of sp³-hybridized carbons (Fsp3) is 0.588. The number of hydrogen-bond donors (Lipinski definition) is 2. The Morgan fingerprint density at radius 1 is 1.38 bits per heavy atom. The van der Waals surface area contributed by atoms with Gasteiger partial charge in [0.25, 0.3) is 0 Å². The standard InChI is InChI=1S/C17H26N2O2/c1-13-4-6-16(7-5-13)21-11-3-9-19-17(20)15-8-10-18-14(2)12-15/h4-7,14-15,18H,3,8-12H2,1-2H3,(H,19,20)/t14-,15-/m0/s1. The molecule has 21 heavy (non-hydrogen) atoms. The van der Waals surface area contributed by atoms with E-state index >= 15 is 0 Å². The van der Waals surface area contributed by atoms with Crippen LogP contribution in [0.4, 0.5) is 0 Å². The Balaban J connectivity index is 1.59. The summed E-state index contributed by atoms with van der Waals surface area (Å²) in [5, 5.41) is 6.39. The summed E-state index contributed by atoms with van der Waals surface area (Å²) in [5.74, 6) is 1.25. The molecule has 0 aromatic heterocycles. The van der Waals surface area contributed by atoms with Gasteiger partial charge in [0.2, 0.25) is 5.91 Å². The lowest BCUT2D eigenvalue weighted by atomic mass is 9.92. The van der Waals surface area contributed by atoms with Crippen LogP contribution in [-0.4, -0.2) is 31.6 Å². The first-order chi connectivity index (χ1) is 10.1. The maximum Gasteiger partial charge on any atom is 0.223 e. The lowest BCUT2D eigenvalue weighted by Crippen LogP contribution is -2.42. The van der Waals surface area contributed by atoms with Crippen LogP contribution in [0.1, 0.15) is 31.7 Å². The van der Waals surface area contributed by atoms with Crippen molar-refractivity contribution in [3.63, 3.8) is 0 Å². The number of amides is 1. The average molecular weight is 290 g/mol. The molecule has 4 heteroatoms. The van der Waals surface area contributed by atoms with E-state index in [9.17, 15) is 4.79 Å². The van der Waals surface area contributed by atoms with Gasteiger partial charge in [0.15, 0.2) is 0 Å². The van der Waals surface area contributed by atoms with Crippen molar-refractivity contribution >= 4 is 5.91 Å². The second kappa shape index (κ2) is 8.03. The molecule has 2 atom stereocenters. The lowest BCUT2D eigenvalue weighted by Gasteiger charge is -2.27. The van der Waals surface area contributed by atoms with Crippen LogP contribution in [-0.2, 0) is 4.79 Å². The number of hydrogen-bond acceptors (Lipinski definition) is 3. The van der Waals surface area contributed by atoms with Crippen molar-refractivity contribution in [3.05, 3.63) is 29.8 Å².